The summed E-state index contributed by atoms with van der Waals surface area (Å²) in [6.45, 7) is 0. The lowest BCUT2D eigenvalue weighted by Gasteiger charge is -2.36. The zero-order valence-electron chi connectivity index (χ0n) is 24.2. The van der Waals surface area contributed by atoms with Crippen molar-refractivity contribution >= 4 is 36.0 Å². The summed E-state index contributed by atoms with van der Waals surface area (Å²) in [7, 11) is 6.46. The smallest absolute Gasteiger partial charge is 0.292 e. The van der Waals surface area contributed by atoms with Crippen molar-refractivity contribution in [1.82, 2.24) is 0 Å². The molecule has 0 aliphatic carbocycles. The Morgan fingerprint density at radius 2 is 0.977 bits per heavy atom. The van der Waals surface area contributed by atoms with Crippen LogP contribution in [0, 0.1) is 0 Å². The third kappa shape index (κ3) is 5.55. The second kappa shape index (κ2) is 11.8. The van der Waals surface area contributed by atoms with Gasteiger partial charge in [0.25, 0.3) is 5.79 Å². The molecule has 0 bridgehead atoms. The SMILES string of the molecule is COc1ccccc1N=Cc1cc2c(c(OC)c1)OC1(C=C2)C=Cc2cc(C=Nc3ccccc3OC)cc(OC)c2O1. The molecule has 43 heavy (non-hydrogen) atoms. The van der Waals surface area contributed by atoms with Gasteiger partial charge in [-0.25, -0.2) is 0 Å². The number of fused-ring (bicyclic) bond motifs is 2. The van der Waals surface area contributed by atoms with Gasteiger partial charge in [-0.2, -0.15) is 0 Å². The van der Waals surface area contributed by atoms with Crippen LogP contribution in [-0.2, 0) is 0 Å². The standard InChI is InChI=1S/C35H30N2O6/c1-38-29-11-7-5-9-27(29)36-21-23-17-25-13-15-35(42-33(25)31(19-23)40-3)16-14-26-18-24(20-32(41-4)34(26)43-35)22-37-28-10-6-8-12-30(28)39-2/h5-22H,1-4H3. The molecule has 0 radical (unpaired) electrons. The van der Waals surface area contributed by atoms with E-state index in [0.717, 1.165) is 33.6 Å². The predicted molar refractivity (Wildman–Crippen MR) is 169 cm³/mol. The van der Waals surface area contributed by atoms with Crippen LogP contribution in [0.2, 0.25) is 0 Å². The van der Waals surface area contributed by atoms with Crippen LogP contribution in [0.25, 0.3) is 12.2 Å². The van der Waals surface area contributed by atoms with E-state index in [1.807, 2.05) is 97.1 Å². The van der Waals surface area contributed by atoms with E-state index in [4.69, 9.17) is 28.4 Å². The number of rotatable bonds is 8. The van der Waals surface area contributed by atoms with Gasteiger partial charge in [0.05, 0.1) is 28.4 Å². The lowest BCUT2D eigenvalue weighted by Crippen LogP contribution is -2.41. The molecule has 8 heteroatoms. The Labute approximate surface area is 250 Å². The molecular formula is C35H30N2O6. The molecule has 0 fully saturated rings. The van der Waals surface area contributed by atoms with Gasteiger partial charge in [0.15, 0.2) is 23.0 Å². The molecule has 0 N–H and O–H groups in total. The fourth-order valence-electron chi connectivity index (χ4n) is 4.91. The quantitative estimate of drug-likeness (QED) is 0.204. The van der Waals surface area contributed by atoms with Gasteiger partial charge in [-0.3, -0.25) is 9.98 Å². The van der Waals surface area contributed by atoms with Crippen LogP contribution >= 0.6 is 0 Å². The first-order chi connectivity index (χ1) is 21.0. The lowest BCUT2D eigenvalue weighted by atomic mass is 10.00. The highest BCUT2D eigenvalue weighted by molar-refractivity contribution is 5.87. The highest BCUT2D eigenvalue weighted by Gasteiger charge is 2.38. The van der Waals surface area contributed by atoms with Gasteiger partial charge < -0.3 is 28.4 Å². The Balaban J connectivity index is 1.28. The Kier molecular flexibility index (Phi) is 7.57. The van der Waals surface area contributed by atoms with Gasteiger partial charge in [-0.1, -0.05) is 24.3 Å². The summed E-state index contributed by atoms with van der Waals surface area (Å²) >= 11 is 0. The maximum atomic E-state index is 6.47. The van der Waals surface area contributed by atoms with E-state index >= 15 is 0 Å². The Hall–Kier alpha value is -5.50. The Morgan fingerprint density at radius 3 is 1.40 bits per heavy atom. The highest BCUT2D eigenvalue weighted by atomic mass is 16.7. The van der Waals surface area contributed by atoms with Crippen molar-refractivity contribution in [2.75, 3.05) is 28.4 Å². The first-order valence-corrected chi connectivity index (χ1v) is 13.6. The van der Waals surface area contributed by atoms with Crippen molar-refractivity contribution in [3.63, 3.8) is 0 Å². The lowest BCUT2D eigenvalue weighted by molar-refractivity contribution is -0.0338. The zero-order valence-corrected chi connectivity index (χ0v) is 24.2. The summed E-state index contributed by atoms with van der Waals surface area (Å²) in [5.74, 6) is 2.45. The van der Waals surface area contributed by atoms with E-state index in [1.165, 1.54) is 0 Å². The van der Waals surface area contributed by atoms with E-state index in [9.17, 15) is 0 Å². The van der Waals surface area contributed by atoms with Gasteiger partial charge >= 0.3 is 0 Å². The van der Waals surface area contributed by atoms with Crippen molar-refractivity contribution in [1.29, 1.82) is 0 Å². The predicted octanol–water partition coefficient (Wildman–Crippen LogP) is 7.43. The molecule has 2 heterocycles. The number of hydrogen-bond donors (Lipinski definition) is 0. The van der Waals surface area contributed by atoms with E-state index in [1.54, 1.807) is 40.9 Å². The number of benzene rings is 4. The largest absolute Gasteiger partial charge is 0.494 e. The fourth-order valence-corrected chi connectivity index (χ4v) is 4.91. The minimum Gasteiger partial charge on any atom is -0.494 e. The maximum absolute atomic E-state index is 6.47. The van der Waals surface area contributed by atoms with Crippen LogP contribution in [0.5, 0.6) is 34.5 Å². The molecule has 4 aromatic carbocycles. The first-order valence-electron chi connectivity index (χ1n) is 13.6. The topological polar surface area (TPSA) is 80.1 Å². The van der Waals surface area contributed by atoms with E-state index in [2.05, 4.69) is 9.98 Å². The third-order valence-corrected chi connectivity index (χ3v) is 7.04. The Bertz CT molecular complexity index is 1660. The normalized spacial score (nSPS) is 16.5. The first kappa shape index (κ1) is 27.7. The molecule has 2 aliphatic rings. The fraction of sp³-hybridized carbons (Fsp3) is 0.143. The second-order valence-corrected chi connectivity index (χ2v) is 9.74. The average molecular weight is 575 g/mol. The van der Waals surface area contributed by atoms with Gasteiger partial charge in [-0.05, 0) is 71.8 Å². The van der Waals surface area contributed by atoms with E-state index in [0.29, 0.717) is 34.5 Å². The van der Waals surface area contributed by atoms with Crippen molar-refractivity contribution in [2.45, 2.75) is 5.79 Å². The Morgan fingerprint density at radius 1 is 0.558 bits per heavy atom. The van der Waals surface area contributed by atoms with Crippen molar-refractivity contribution in [3.8, 4) is 34.5 Å². The van der Waals surface area contributed by atoms with Crippen molar-refractivity contribution < 1.29 is 28.4 Å². The third-order valence-electron chi connectivity index (χ3n) is 7.04. The average Bonchev–Trinajstić information content (AvgIpc) is 3.06. The minimum atomic E-state index is -1.18. The van der Waals surface area contributed by atoms with Crippen LogP contribution in [0.15, 0.2) is 94.9 Å². The summed E-state index contributed by atoms with van der Waals surface area (Å²) in [6, 6.07) is 22.9. The molecule has 216 valence electrons. The molecule has 0 aromatic heterocycles. The van der Waals surface area contributed by atoms with Gasteiger partial charge in [-0.15, -0.1) is 0 Å². The summed E-state index contributed by atoms with van der Waals surface area (Å²) < 4.78 is 35.2. The summed E-state index contributed by atoms with van der Waals surface area (Å²) in [4.78, 5) is 9.22. The molecular weight excluding hydrogens is 544 g/mol. The molecule has 6 rings (SSSR count). The van der Waals surface area contributed by atoms with Crippen LogP contribution < -0.4 is 28.4 Å². The van der Waals surface area contributed by atoms with Crippen LogP contribution in [-0.4, -0.2) is 46.7 Å². The molecule has 1 spiro atoms. The summed E-state index contributed by atoms with van der Waals surface area (Å²) in [6.07, 6.45) is 11.2. The highest BCUT2D eigenvalue weighted by Crippen LogP contribution is 2.46. The molecule has 2 aliphatic heterocycles. The van der Waals surface area contributed by atoms with Gasteiger partial charge in [0, 0.05) is 35.7 Å². The molecule has 8 nitrogen and oxygen atoms in total. The molecule has 0 amide bonds. The van der Waals surface area contributed by atoms with Crippen LogP contribution in [0.1, 0.15) is 22.3 Å². The van der Waals surface area contributed by atoms with Crippen molar-refractivity contribution in [2.24, 2.45) is 9.98 Å². The second-order valence-electron chi connectivity index (χ2n) is 9.74. The molecule has 0 atom stereocenters. The zero-order chi connectivity index (χ0) is 29.8. The minimum absolute atomic E-state index is 0.556. The molecule has 4 aromatic rings. The number of aliphatic imine (C=N–C) groups is 2. The summed E-state index contributed by atoms with van der Waals surface area (Å²) in [5.41, 5.74) is 4.83. The van der Waals surface area contributed by atoms with Crippen LogP contribution in [0.4, 0.5) is 11.4 Å². The summed E-state index contributed by atoms with van der Waals surface area (Å²) in [5, 5.41) is 0. The molecule has 0 saturated carbocycles. The van der Waals surface area contributed by atoms with Crippen molar-refractivity contribution in [3.05, 3.63) is 107 Å². The monoisotopic (exact) mass is 574 g/mol. The molecule has 0 unspecified atom stereocenters. The van der Waals surface area contributed by atoms with E-state index in [-0.39, 0.29) is 0 Å². The van der Waals surface area contributed by atoms with Gasteiger partial charge in [0.1, 0.15) is 22.9 Å². The number of hydrogen-bond acceptors (Lipinski definition) is 8. The number of para-hydroxylation sites is 4. The molecule has 0 saturated heterocycles. The van der Waals surface area contributed by atoms with Gasteiger partial charge in [0.2, 0.25) is 0 Å². The van der Waals surface area contributed by atoms with Crippen LogP contribution in [0.3, 0.4) is 0 Å². The number of methoxy groups -OCH3 is 4. The number of nitrogens with zero attached hydrogens (tertiary/aromatic N) is 2. The maximum Gasteiger partial charge on any atom is 0.292 e. The van der Waals surface area contributed by atoms with E-state index < -0.39 is 5.79 Å². The number of ether oxygens (including phenoxy) is 6.